The molecule has 0 aliphatic heterocycles. The first-order valence-corrected chi connectivity index (χ1v) is 9.12. The molecule has 0 saturated heterocycles. The molecular formula is C21H25NO4. The topological polar surface area (TPSA) is 71.7 Å². The van der Waals surface area contributed by atoms with E-state index < -0.39 is 6.10 Å². The quantitative estimate of drug-likeness (QED) is 0.606. The second kappa shape index (κ2) is 8.34. The van der Waals surface area contributed by atoms with Crippen LogP contribution in [-0.2, 0) is 0 Å². The Labute approximate surface area is 152 Å². The Kier molecular flexibility index (Phi) is 5.91. The fourth-order valence-electron chi connectivity index (χ4n) is 3.00. The number of nitrogens with one attached hydrogen (secondary N) is 1. The van der Waals surface area contributed by atoms with Gasteiger partial charge in [0.2, 0.25) is 5.43 Å². The average Bonchev–Trinajstić information content (AvgIpc) is 2.67. The lowest BCUT2D eigenvalue weighted by Crippen LogP contribution is -2.37. The van der Waals surface area contributed by atoms with Crippen molar-refractivity contribution in [3.63, 3.8) is 0 Å². The number of hydrogen-bond donors (Lipinski definition) is 2. The number of fused-ring (bicyclic) bond motifs is 2. The van der Waals surface area contributed by atoms with Crippen molar-refractivity contribution in [2.45, 2.75) is 38.8 Å². The lowest BCUT2D eigenvalue weighted by atomic mass is 10.1. The number of aliphatic hydroxyl groups is 1. The van der Waals surface area contributed by atoms with Gasteiger partial charge in [0.25, 0.3) is 0 Å². The van der Waals surface area contributed by atoms with Crippen molar-refractivity contribution in [1.29, 1.82) is 0 Å². The molecule has 0 fully saturated rings. The van der Waals surface area contributed by atoms with Crippen LogP contribution in [0.1, 0.15) is 26.7 Å². The molecule has 0 aliphatic carbocycles. The molecule has 0 aliphatic rings. The molecule has 0 bridgehead atoms. The standard InChI is InChI=1S/C21H25NO4/c1-3-14(4-2)22-12-15(23)13-25-16-9-10-18-20(11-16)26-19-8-6-5-7-17(19)21(18)24/h5-11,14-15,22-23H,3-4,12-13H2,1-2H3. The van der Waals surface area contributed by atoms with Crippen molar-refractivity contribution >= 4 is 21.9 Å². The summed E-state index contributed by atoms with van der Waals surface area (Å²) in [7, 11) is 0. The fraction of sp³-hybridized carbons (Fsp3) is 0.381. The summed E-state index contributed by atoms with van der Waals surface area (Å²) in [5.41, 5.74) is 0.982. The SMILES string of the molecule is CCC(CC)NCC(O)COc1ccc2c(=O)c3ccccc3oc2c1. The first-order chi connectivity index (χ1) is 12.6. The van der Waals surface area contributed by atoms with Gasteiger partial charge in [-0.2, -0.15) is 0 Å². The molecule has 5 nitrogen and oxygen atoms in total. The molecule has 0 saturated carbocycles. The molecule has 1 atom stereocenters. The van der Waals surface area contributed by atoms with Gasteiger partial charge in [0.1, 0.15) is 29.6 Å². The Morgan fingerprint density at radius 2 is 1.81 bits per heavy atom. The van der Waals surface area contributed by atoms with Gasteiger partial charge in [0, 0.05) is 18.7 Å². The molecule has 1 heterocycles. The summed E-state index contributed by atoms with van der Waals surface area (Å²) in [6, 6.07) is 12.7. The lowest BCUT2D eigenvalue weighted by molar-refractivity contribution is 0.103. The van der Waals surface area contributed by atoms with E-state index in [0.29, 0.717) is 40.3 Å². The van der Waals surface area contributed by atoms with Crippen LogP contribution in [0, 0.1) is 0 Å². The minimum Gasteiger partial charge on any atom is -0.491 e. The molecule has 1 unspecified atom stereocenters. The highest BCUT2D eigenvalue weighted by Crippen LogP contribution is 2.22. The minimum atomic E-state index is -0.602. The maximum absolute atomic E-state index is 12.5. The monoisotopic (exact) mass is 355 g/mol. The van der Waals surface area contributed by atoms with Crippen LogP contribution in [-0.4, -0.2) is 30.4 Å². The second-order valence-electron chi connectivity index (χ2n) is 6.47. The van der Waals surface area contributed by atoms with Gasteiger partial charge in [-0.05, 0) is 37.1 Å². The highest BCUT2D eigenvalue weighted by Gasteiger charge is 2.11. The van der Waals surface area contributed by atoms with Gasteiger partial charge in [-0.1, -0.05) is 26.0 Å². The number of benzene rings is 2. The normalized spacial score (nSPS) is 12.8. The molecule has 2 N–H and O–H groups in total. The van der Waals surface area contributed by atoms with E-state index in [2.05, 4.69) is 19.2 Å². The summed E-state index contributed by atoms with van der Waals surface area (Å²) in [5, 5.41) is 14.5. The van der Waals surface area contributed by atoms with Gasteiger partial charge in [-0.25, -0.2) is 0 Å². The number of rotatable bonds is 8. The molecule has 5 heteroatoms. The number of para-hydroxylation sites is 1. The minimum absolute atomic E-state index is 0.0530. The van der Waals surface area contributed by atoms with Crippen LogP contribution in [0.2, 0.25) is 0 Å². The molecule has 2 aromatic carbocycles. The summed E-state index contributed by atoms with van der Waals surface area (Å²) in [6.45, 7) is 4.91. The first kappa shape index (κ1) is 18.4. The van der Waals surface area contributed by atoms with E-state index in [1.54, 1.807) is 30.3 Å². The van der Waals surface area contributed by atoms with Crippen molar-refractivity contribution < 1.29 is 14.3 Å². The van der Waals surface area contributed by atoms with Crippen LogP contribution in [0.3, 0.4) is 0 Å². The molecule has 0 amide bonds. The molecule has 3 rings (SSSR count). The maximum Gasteiger partial charge on any atom is 0.200 e. The van der Waals surface area contributed by atoms with Crippen LogP contribution < -0.4 is 15.5 Å². The second-order valence-corrected chi connectivity index (χ2v) is 6.47. The van der Waals surface area contributed by atoms with Gasteiger partial charge in [-0.3, -0.25) is 4.79 Å². The Balaban J connectivity index is 1.71. The van der Waals surface area contributed by atoms with E-state index in [0.717, 1.165) is 12.8 Å². The zero-order valence-corrected chi connectivity index (χ0v) is 15.2. The number of aliphatic hydroxyl groups excluding tert-OH is 1. The molecule has 1 aromatic heterocycles. The largest absolute Gasteiger partial charge is 0.491 e. The molecule has 0 spiro atoms. The summed E-state index contributed by atoms with van der Waals surface area (Å²) >= 11 is 0. The third kappa shape index (κ3) is 4.06. The predicted molar refractivity (Wildman–Crippen MR) is 104 cm³/mol. The molecule has 3 aromatic rings. The van der Waals surface area contributed by atoms with E-state index in [-0.39, 0.29) is 12.0 Å². The lowest BCUT2D eigenvalue weighted by Gasteiger charge is -2.18. The van der Waals surface area contributed by atoms with Crippen molar-refractivity contribution in [2.24, 2.45) is 0 Å². The number of ether oxygens (including phenoxy) is 1. The van der Waals surface area contributed by atoms with Crippen molar-refractivity contribution in [3.8, 4) is 5.75 Å². The van der Waals surface area contributed by atoms with Gasteiger partial charge in [-0.15, -0.1) is 0 Å². The van der Waals surface area contributed by atoms with E-state index in [4.69, 9.17) is 9.15 Å². The maximum atomic E-state index is 12.5. The van der Waals surface area contributed by atoms with Crippen molar-refractivity contribution in [2.75, 3.05) is 13.2 Å². The smallest absolute Gasteiger partial charge is 0.200 e. The fourth-order valence-corrected chi connectivity index (χ4v) is 3.00. The summed E-state index contributed by atoms with van der Waals surface area (Å²) in [5.74, 6) is 0.567. The molecular weight excluding hydrogens is 330 g/mol. The van der Waals surface area contributed by atoms with Crippen molar-refractivity contribution in [3.05, 3.63) is 52.7 Å². The van der Waals surface area contributed by atoms with Gasteiger partial charge in [0.15, 0.2) is 0 Å². The Bertz CT molecular complexity index is 930. The van der Waals surface area contributed by atoms with E-state index in [1.807, 2.05) is 12.1 Å². The van der Waals surface area contributed by atoms with E-state index >= 15 is 0 Å². The van der Waals surface area contributed by atoms with Crippen LogP contribution in [0.4, 0.5) is 0 Å². The third-order valence-corrected chi connectivity index (χ3v) is 4.62. The predicted octanol–water partition coefficient (Wildman–Crippen LogP) is 3.46. The molecule has 26 heavy (non-hydrogen) atoms. The molecule has 138 valence electrons. The Morgan fingerprint density at radius 3 is 2.58 bits per heavy atom. The molecule has 0 radical (unpaired) electrons. The highest BCUT2D eigenvalue weighted by atomic mass is 16.5. The summed E-state index contributed by atoms with van der Waals surface area (Å²) in [6.07, 6.45) is 1.46. The van der Waals surface area contributed by atoms with E-state index in [1.165, 1.54) is 0 Å². The van der Waals surface area contributed by atoms with Crippen LogP contribution in [0.15, 0.2) is 51.7 Å². The Hall–Kier alpha value is -2.37. The average molecular weight is 355 g/mol. The Morgan fingerprint density at radius 1 is 1.08 bits per heavy atom. The van der Waals surface area contributed by atoms with Crippen LogP contribution >= 0.6 is 0 Å². The van der Waals surface area contributed by atoms with E-state index in [9.17, 15) is 9.90 Å². The number of hydrogen-bond acceptors (Lipinski definition) is 5. The van der Waals surface area contributed by atoms with Crippen LogP contribution in [0.25, 0.3) is 21.9 Å². The third-order valence-electron chi connectivity index (χ3n) is 4.62. The van der Waals surface area contributed by atoms with Gasteiger partial charge in [0.05, 0.1) is 10.8 Å². The first-order valence-electron chi connectivity index (χ1n) is 9.12. The van der Waals surface area contributed by atoms with Gasteiger partial charge < -0.3 is 19.6 Å². The summed E-state index contributed by atoms with van der Waals surface area (Å²) < 4.78 is 11.5. The van der Waals surface area contributed by atoms with Gasteiger partial charge >= 0.3 is 0 Å². The zero-order chi connectivity index (χ0) is 18.5. The van der Waals surface area contributed by atoms with Crippen molar-refractivity contribution in [1.82, 2.24) is 5.32 Å². The zero-order valence-electron chi connectivity index (χ0n) is 15.2. The highest BCUT2D eigenvalue weighted by molar-refractivity contribution is 5.90. The summed E-state index contributed by atoms with van der Waals surface area (Å²) in [4.78, 5) is 12.5. The van der Waals surface area contributed by atoms with Crippen LogP contribution in [0.5, 0.6) is 5.75 Å².